The van der Waals surface area contributed by atoms with E-state index >= 15 is 0 Å². The molecule has 2 saturated heterocycles. The molecule has 3 atom stereocenters. The molecule has 2 aliphatic rings. The number of hydrogen-bond donors (Lipinski definition) is 1. The van der Waals surface area contributed by atoms with Gasteiger partial charge in [-0.05, 0) is 31.9 Å². The van der Waals surface area contributed by atoms with Gasteiger partial charge in [0.05, 0.1) is 18.4 Å². The maximum Gasteiger partial charge on any atom is 0.209 e. The molecule has 3 heterocycles. The topological polar surface area (TPSA) is 58.6 Å². The lowest BCUT2D eigenvalue weighted by Gasteiger charge is -2.32. The van der Waals surface area contributed by atoms with Gasteiger partial charge in [0.2, 0.25) is 10.0 Å². The molecule has 0 amide bonds. The molecule has 118 valence electrons. The molecule has 0 spiro atoms. The average Bonchev–Trinajstić information content (AvgIpc) is 2.94. The number of likely N-dealkylation sites (tertiary alicyclic amines) is 1. The minimum atomic E-state index is -3.20. The van der Waals surface area contributed by atoms with Crippen LogP contribution in [0.5, 0.6) is 0 Å². The van der Waals surface area contributed by atoms with Gasteiger partial charge in [-0.15, -0.1) is 11.3 Å². The molecule has 1 aromatic rings. The second kappa shape index (κ2) is 5.96. The first-order valence-corrected chi connectivity index (χ1v) is 10.0. The quantitative estimate of drug-likeness (QED) is 0.905. The minimum absolute atomic E-state index is 0.0189. The van der Waals surface area contributed by atoms with Crippen LogP contribution in [-0.4, -0.2) is 50.9 Å². The maximum atomic E-state index is 11.5. The standard InChI is InChI=1S/C14H22N2O3S2/c1-10-5-6-11(20-10)8-16-9-12(15-21(2,17)18)14-13(16)4-3-7-19-14/h5-6,12-15H,3-4,7-9H2,1-2H3/t12-,13-,14-/m0/s1. The van der Waals surface area contributed by atoms with Gasteiger partial charge in [0.15, 0.2) is 0 Å². The molecule has 7 heteroatoms. The fourth-order valence-electron chi connectivity index (χ4n) is 3.39. The Morgan fingerprint density at radius 3 is 2.95 bits per heavy atom. The highest BCUT2D eigenvalue weighted by molar-refractivity contribution is 7.88. The summed E-state index contributed by atoms with van der Waals surface area (Å²) in [4.78, 5) is 5.01. The summed E-state index contributed by atoms with van der Waals surface area (Å²) in [5.41, 5.74) is 0. The molecule has 0 radical (unpaired) electrons. The number of hydrogen-bond acceptors (Lipinski definition) is 5. The van der Waals surface area contributed by atoms with Crippen LogP contribution in [-0.2, 0) is 21.3 Å². The van der Waals surface area contributed by atoms with Gasteiger partial charge in [-0.3, -0.25) is 4.90 Å². The first-order valence-electron chi connectivity index (χ1n) is 7.31. The van der Waals surface area contributed by atoms with E-state index in [2.05, 4.69) is 28.7 Å². The van der Waals surface area contributed by atoms with Crippen molar-refractivity contribution in [2.45, 2.75) is 44.5 Å². The highest BCUT2D eigenvalue weighted by atomic mass is 32.2. The zero-order valence-corrected chi connectivity index (χ0v) is 14.0. The molecule has 1 N–H and O–H groups in total. The van der Waals surface area contributed by atoms with Crippen molar-refractivity contribution in [3.05, 3.63) is 21.9 Å². The zero-order chi connectivity index (χ0) is 15.0. The lowest BCUT2D eigenvalue weighted by Crippen LogP contribution is -2.47. The Labute approximate surface area is 130 Å². The molecule has 0 aromatic carbocycles. The van der Waals surface area contributed by atoms with Crippen molar-refractivity contribution in [3.63, 3.8) is 0 Å². The van der Waals surface area contributed by atoms with Crippen LogP contribution in [0.15, 0.2) is 12.1 Å². The Balaban J connectivity index is 1.74. The molecule has 1 aromatic heterocycles. The lowest BCUT2D eigenvalue weighted by molar-refractivity contribution is -0.0192. The van der Waals surface area contributed by atoms with Gasteiger partial charge in [-0.2, -0.15) is 0 Å². The van der Waals surface area contributed by atoms with Crippen molar-refractivity contribution in [1.82, 2.24) is 9.62 Å². The molecule has 0 bridgehead atoms. The van der Waals surface area contributed by atoms with Crippen LogP contribution < -0.4 is 4.72 Å². The average molecular weight is 330 g/mol. The third-order valence-corrected chi connectivity index (χ3v) is 5.87. The molecule has 2 fully saturated rings. The Morgan fingerprint density at radius 2 is 2.29 bits per heavy atom. The van der Waals surface area contributed by atoms with E-state index < -0.39 is 10.0 Å². The lowest BCUT2D eigenvalue weighted by atomic mass is 10.0. The summed E-state index contributed by atoms with van der Waals surface area (Å²) in [6.07, 6.45) is 3.33. The summed E-state index contributed by atoms with van der Waals surface area (Å²) >= 11 is 1.81. The Hall–Kier alpha value is -0.470. The summed E-state index contributed by atoms with van der Waals surface area (Å²) in [6, 6.07) is 4.49. The summed E-state index contributed by atoms with van der Waals surface area (Å²) in [7, 11) is -3.20. The summed E-state index contributed by atoms with van der Waals surface area (Å²) in [5.74, 6) is 0. The SMILES string of the molecule is Cc1ccc(CN2C[C@H](NS(C)(=O)=O)[C@@H]3OCCC[C@@H]32)s1. The predicted octanol–water partition coefficient (Wildman–Crippen LogP) is 1.34. The summed E-state index contributed by atoms with van der Waals surface area (Å²) in [5, 5.41) is 0. The van der Waals surface area contributed by atoms with E-state index in [-0.39, 0.29) is 12.1 Å². The van der Waals surface area contributed by atoms with E-state index in [0.717, 1.165) is 32.5 Å². The molecule has 21 heavy (non-hydrogen) atoms. The Bertz CT molecular complexity index is 599. The van der Waals surface area contributed by atoms with Gasteiger partial charge in [0.1, 0.15) is 0 Å². The number of nitrogens with one attached hydrogen (secondary N) is 1. The van der Waals surface area contributed by atoms with E-state index in [1.165, 1.54) is 16.0 Å². The van der Waals surface area contributed by atoms with Crippen LogP contribution in [0, 0.1) is 6.92 Å². The van der Waals surface area contributed by atoms with Crippen molar-refractivity contribution >= 4 is 21.4 Å². The molecule has 0 unspecified atom stereocenters. The van der Waals surface area contributed by atoms with Crippen molar-refractivity contribution in [2.24, 2.45) is 0 Å². The maximum absolute atomic E-state index is 11.5. The van der Waals surface area contributed by atoms with Crippen molar-refractivity contribution < 1.29 is 13.2 Å². The number of thiophene rings is 1. The van der Waals surface area contributed by atoms with Crippen molar-refractivity contribution in [2.75, 3.05) is 19.4 Å². The highest BCUT2D eigenvalue weighted by Gasteiger charge is 2.44. The number of ether oxygens (including phenoxy) is 1. The monoisotopic (exact) mass is 330 g/mol. The van der Waals surface area contributed by atoms with Crippen molar-refractivity contribution in [3.8, 4) is 0 Å². The fourth-order valence-corrected chi connectivity index (χ4v) is 5.06. The molecular formula is C14H22N2O3S2. The minimum Gasteiger partial charge on any atom is -0.375 e. The van der Waals surface area contributed by atoms with Gasteiger partial charge < -0.3 is 4.74 Å². The van der Waals surface area contributed by atoms with E-state index in [9.17, 15) is 8.42 Å². The number of rotatable bonds is 4. The smallest absolute Gasteiger partial charge is 0.209 e. The van der Waals surface area contributed by atoms with Gasteiger partial charge in [0.25, 0.3) is 0 Å². The van der Waals surface area contributed by atoms with E-state index in [1.807, 2.05) is 11.3 Å². The van der Waals surface area contributed by atoms with Gasteiger partial charge >= 0.3 is 0 Å². The van der Waals surface area contributed by atoms with E-state index in [0.29, 0.717) is 6.04 Å². The Kier molecular flexibility index (Phi) is 4.38. The van der Waals surface area contributed by atoms with Crippen LogP contribution in [0.4, 0.5) is 0 Å². The number of sulfonamides is 1. The molecule has 5 nitrogen and oxygen atoms in total. The van der Waals surface area contributed by atoms with Gasteiger partial charge in [-0.1, -0.05) is 0 Å². The van der Waals surface area contributed by atoms with Crippen LogP contribution in [0.3, 0.4) is 0 Å². The normalized spacial score (nSPS) is 30.5. The van der Waals surface area contributed by atoms with Crippen LogP contribution in [0.2, 0.25) is 0 Å². The Morgan fingerprint density at radius 1 is 1.48 bits per heavy atom. The fraction of sp³-hybridized carbons (Fsp3) is 0.714. The highest BCUT2D eigenvalue weighted by Crippen LogP contribution is 2.31. The van der Waals surface area contributed by atoms with Crippen LogP contribution >= 0.6 is 11.3 Å². The molecule has 0 aliphatic carbocycles. The third-order valence-electron chi connectivity index (χ3n) is 4.15. The van der Waals surface area contributed by atoms with Gasteiger partial charge in [0, 0.05) is 35.5 Å². The van der Waals surface area contributed by atoms with Crippen LogP contribution in [0.1, 0.15) is 22.6 Å². The summed E-state index contributed by atoms with van der Waals surface area (Å²) in [6.45, 7) is 4.44. The third kappa shape index (κ3) is 3.65. The number of aryl methyl sites for hydroxylation is 1. The molecule has 2 aliphatic heterocycles. The van der Waals surface area contributed by atoms with Crippen molar-refractivity contribution in [1.29, 1.82) is 0 Å². The van der Waals surface area contributed by atoms with Gasteiger partial charge in [-0.25, -0.2) is 13.1 Å². The largest absolute Gasteiger partial charge is 0.375 e. The van der Waals surface area contributed by atoms with Crippen LogP contribution in [0.25, 0.3) is 0 Å². The second-order valence-corrected chi connectivity index (χ2v) is 9.14. The van der Waals surface area contributed by atoms with E-state index in [1.54, 1.807) is 0 Å². The molecule has 3 rings (SSSR count). The summed E-state index contributed by atoms with van der Waals surface area (Å²) < 4.78 is 31.7. The zero-order valence-electron chi connectivity index (χ0n) is 12.4. The first-order chi connectivity index (χ1) is 9.92. The molecule has 0 saturated carbocycles. The van der Waals surface area contributed by atoms with E-state index in [4.69, 9.17) is 4.74 Å². The molecular weight excluding hydrogens is 308 g/mol. The number of nitrogens with zero attached hydrogens (tertiary/aromatic N) is 1. The predicted molar refractivity (Wildman–Crippen MR) is 84.0 cm³/mol. The first kappa shape index (κ1) is 15.4. The second-order valence-electron chi connectivity index (χ2n) is 5.98. The number of fused-ring (bicyclic) bond motifs is 1.